The fourth-order valence-electron chi connectivity index (χ4n) is 1.79. The van der Waals surface area contributed by atoms with Gasteiger partial charge in [-0.15, -0.1) is 0 Å². The number of hydrogen-bond acceptors (Lipinski definition) is 2. The third-order valence-electron chi connectivity index (χ3n) is 2.73. The number of phenolic OH excluding ortho intramolecular Hbond substituents is 1. The maximum Gasteiger partial charge on any atom is 0.416 e. The quantitative estimate of drug-likeness (QED) is 0.888. The number of aromatic hydroxyl groups is 1. The lowest BCUT2D eigenvalue weighted by molar-refractivity contribution is -0.137. The van der Waals surface area contributed by atoms with Gasteiger partial charge in [0.2, 0.25) is 5.91 Å². The third kappa shape index (κ3) is 2.90. The summed E-state index contributed by atoms with van der Waals surface area (Å²) >= 11 is 0. The molecule has 3 nitrogen and oxygen atoms in total. The number of amides is 1. The molecule has 0 bridgehead atoms. The second-order valence-corrected chi connectivity index (χ2v) is 4.21. The molecule has 0 fully saturated rings. The topological polar surface area (TPSA) is 63.3 Å². The summed E-state index contributed by atoms with van der Waals surface area (Å²) in [6.07, 6.45) is -4.56. The van der Waals surface area contributed by atoms with Crippen LogP contribution < -0.4 is 5.73 Å². The van der Waals surface area contributed by atoms with Gasteiger partial charge in [0.1, 0.15) is 5.75 Å². The van der Waals surface area contributed by atoms with E-state index in [4.69, 9.17) is 5.73 Å². The summed E-state index contributed by atoms with van der Waals surface area (Å²) in [6, 6.07) is 8.60. The number of alkyl halides is 3. The van der Waals surface area contributed by atoms with Crippen molar-refractivity contribution in [3.63, 3.8) is 0 Å². The summed E-state index contributed by atoms with van der Waals surface area (Å²) in [4.78, 5) is 11.1. The molecule has 2 aromatic rings. The van der Waals surface area contributed by atoms with Gasteiger partial charge in [0, 0.05) is 5.56 Å². The molecule has 2 rings (SSSR count). The molecule has 0 radical (unpaired) electrons. The van der Waals surface area contributed by atoms with Gasteiger partial charge in [0.15, 0.2) is 0 Å². The first kappa shape index (κ1) is 13.9. The van der Waals surface area contributed by atoms with Gasteiger partial charge in [-0.2, -0.15) is 13.2 Å². The highest BCUT2D eigenvalue weighted by Crippen LogP contribution is 2.35. The van der Waals surface area contributed by atoms with Crippen LogP contribution in [0.15, 0.2) is 42.5 Å². The van der Waals surface area contributed by atoms with Crippen LogP contribution in [0.25, 0.3) is 11.1 Å². The average molecular weight is 281 g/mol. The highest BCUT2D eigenvalue weighted by molar-refractivity contribution is 5.94. The monoisotopic (exact) mass is 281 g/mol. The summed E-state index contributed by atoms with van der Waals surface area (Å²) in [7, 11) is 0. The Balaban J connectivity index is 2.55. The largest absolute Gasteiger partial charge is 0.508 e. The normalized spacial score (nSPS) is 11.3. The van der Waals surface area contributed by atoms with E-state index in [0.29, 0.717) is 11.6 Å². The Hall–Kier alpha value is -2.50. The fraction of sp³-hybridized carbons (Fsp3) is 0.0714. The first-order chi connectivity index (χ1) is 9.27. The molecule has 0 atom stereocenters. The minimum atomic E-state index is -4.56. The zero-order valence-corrected chi connectivity index (χ0v) is 10.1. The molecule has 0 aliphatic carbocycles. The van der Waals surface area contributed by atoms with Crippen molar-refractivity contribution in [2.24, 2.45) is 5.73 Å². The number of benzene rings is 2. The van der Waals surface area contributed by atoms with E-state index >= 15 is 0 Å². The van der Waals surface area contributed by atoms with Crippen LogP contribution in [-0.4, -0.2) is 11.0 Å². The van der Waals surface area contributed by atoms with E-state index in [1.165, 1.54) is 30.3 Å². The van der Waals surface area contributed by atoms with Gasteiger partial charge < -0.3 is 10.8 Å². The van der Waals surface area contributed by atoms with Crippen LogP contribution in [-0.2, 0) is 6.18 Å². The minimum absolute atomic E-state index is 0.153. The zero-order valence-electron chi connectivity index (χ0n) is 10.1. The lowest BCUT2D eigenvalue weighted by atomic mass is 10.0. The lowest BCUT2D eigenvalue weighted by Crippen LogP contribution is -2.10. The Morgan fingerprint density at radius 1 is 1.05 bits per heavy atom. The minimum Gasteiger partial charge on any atom is -0.508 e. The van der Waals surface area contributed by atoms with Crippen LogP contribution >= 0.6 is 0 Å². The summed E-state index contributed by atoms with van der Waals surface area (Å²) in [5.74, 6) is -1.18. The van der Waals surface area contributed by atoms with Gasteiger partial charge >= 0.3 is 6.18 Å². The first-order valence-corrected chi connectivity index (χ1v) is 5.59. The van der Waals surface area contributed by atoms with Gasteiger partial charge in [-0.05, 0) is 41.5 Å². The lowest BCUT2D eigenvalue weighted by Gasteiger charge is -2.10. The number of carbonyl (C=O) groups is 1. The second kappa shape index (κ2) is 4.88. The summed E-state index contributed by atoms with van der Waals surface area (Å²) in [6.45, 7) is 0. The molecule has 0 aromatic heterocycles. The van der Waals surface area contributed by atoms with E-state index in [9.17, 15) is 23.1 Å². The average Bonchev–Trinajstić information content (AvgIpc) is 2.37. The van der Waals surface area contributed by atoms with Crippen molar-refractivity contribution in [2.75, 3.05) is 0 Å². The Kier molecular flexibility index (Phi) is 3.40. The molecule has 20 heavy (non-hydrogen) atoms. The molecule has 1 amide bonds. The molecule has 3 N–H and O–H groups in total. The van der Waals surface area contributed by atoms with E-state index in [1.807, 2.05) is 0 Å². The summed E-state index contributed by atoms with van der Waals surface area (Å²) in [5, 5.41) is 9.41. The number of rotatable bonds is 2. The third-order valence-corrected chi connectivity index (χ3v) is 2.73. The molecule has 0 unspecified atom stereocenters. The van der Waals surface area contributed by atoms with Crippen molar-refractivity contribution in [3.05, 3.63) is 53.6 Å². The van der Waals surface area contributed by atoms with Crippen molar-refractivity contribution < 1.29 is 23.1 Å². The Bertz CT molecular complexity index is 666. The molecule has 0 aliphatic rings. The van der Waals surface area contributed by atoms with Crippen LogP contribution in [0.2, 0.25) is 0 Å². The molecule has 0 saturated heterocycles. The maximum atomic E-state index is 12.7. The van der Waals surface area contributed by atoms with E-state index in [1.54, 1.807) is 0 Å². The van der Waals surface area contributed by atoms with Crippen LogP contribution in [0, 0.1) is 0 Å². The smallest absolute Gasteiger partial charge is 0.416 e. The van der Waals surface area contributed by atoms with E-state index in [0.717, 1.165) is 6.07 Å². The van der Waals surface area contributed by atoms with Crippen molar-refractivity contribution in [3.8, 4) is 16.9 Å². The Labute approximate surface area is 112 Å². The number of phenols is 1. The Morgan fingerprint density at radius 3 is 2.35 bits per heavy atom. The Morgan fingerprint density at radius 2 is 1.75 bits per heavy atom. The first-order valence-electron chi connectivity index (χ1n) is 5.59. The highest BCUT2D eigenvalue weighted by atomic mass is 19.4. The van der Waals surface area contributed by atoms with Crippen molar-refractivity contribution >= 4 is 5.91 Å². The van der Waals surface area contributed by atoms with Crippen LogP contribution in [0.1, 0.15) is 15.9 Å². The van der Waals surface area contributed by atoms with Gasteiger partial charge in [-0.1, -0.05) is 12.1 Å². The summed E-state index contributed by atoms with van der Waals surface area (Å²) in [5.41, 5.74) is 4.86. The van der Waals surface area contributed by atoms with Gasteiger partial charge in [-0.3, -0.25) is 4.79 Å². The predicted octanol–water partition coefficient (Wildman–Crippen LogP) is 3.18. The number of halogens is 3. The van der Waals surface area contributed by atoms with Crippen molar-refractivity contribution in [1.82, 2.24) is 0 Å². The molecule has 6 heteroatoms. The SMILES string of the molecule is NC(=O)c1cccc(-c2cc(O)cc(C(F)(F)F)c2)c1. The van der Waals surface area contributed by atoms with Crippen molar-refractivity contribution in [1.29, 1.82) is 0 Å². The summed E-state index contributed by atoms with van der Waals surface area (Å²) < 4.78 is 38.1. The maximum absolute atomic E-state index is 12.7. The van der Waals surface area contributed by atoms with E-state index in [-0.39, 0.29) is 11.1 Å². The van der Waals surface area contributed by atoms with Gasteiger partial charge in [0.05, 0.1) is 5.56 Å². The zero-order chi connectivity index (χ0) is 14.9. The fourth-order valence-corrected chi connectivity index (χ4v) is 1.79. The molecule has 0 spiro atoms. The van der Waals surface area contributed by atoms with Crippen LogP contribution in [0.5, 0.6) is 5.75 Å². The molecule has 104 valence electrons. The molecular weight excluding hydrogens is 271 g/mol. The molecular formula is C14H10F3NO2. The number of hydrogen-bond donors (Lipinski definition) is 2. The van der Waals surface area contributed by atoms with Crippen molar-refractivity contribution in [2.45, 2.75) is 6.18 Å². The predicted molar refractivity (Wildman–Crippen MR) is 67.1 cm³/mol. The molecule has 2 aromatic carbocycles. The molecule has 0 saturated carbocycles. The van der Waals surface area contributed by atoms with Gasteiger partial charge in [-0.25, -0.2) is 0 Å². The highest BCUT2D eigenvalue weighted by Gasteiger charge is 2.31. The van der Waals surface area contributed by atoms with E-state index < -0.39 is 23.4 Å². The molecule has 0 heterocycles. The molecule has 0 aliphatic heterocycles. The van der Waals surface area contributed by atoms with Crippen LogP contribution in [0.4, 0.5) is 13.2 Å². The van der Waals surface area contributed by atoms with Crippen LogP contribution in [0.3, 0.4) is 0 Å². The number of nitrogens with two attached hydrogens (primary N) is 1. The van der Waals surface area contributed by atoms with E-state index in [2.05, 4.69) is 0 Å². The number of carbonyl (C=O) groups excluding carboxylic acids is 1. The van der Waals surface area contributed by atoms with Gasteiger partial charge in [0.25, 0.3) is 0 Å². The number of primary amides is 1. The standard InChI is InChI=1S/C14H10F3NO2/c15-14(16,17)11-5-10(6-12(19)7-11)8-2-1-3-9(4-8)13(18)20/h1-7,19H,(H2,18,20). The second-order valence-electron chi connectivity index (χ2n) is 4.21.